The molecule has 0 aliphatic heterocycles. The monoisotopic (exact) mass is 426 g/mol. The Morgan fingerprint density at radius 3 is 1.30 bits per heavy atom. The molecule has 0 rings (SSSR count). The molecular formula is C27H54O3. The Morgan fingerprint density at radius 2 is 0.967 bits per heavy atom. The number of ether oxygens (including phenoxy) is 1. The van der Waals surface area contributed by atoms with Crippen molar-refractivity contribution >= 4 is 5.97 Å². The largest absolute Gasteiger partial charge is 0.463 e. The van der Waals surface area contributed by atoms with E-state index in [1.165, 1.54) is 122 Å². The maximum Gasteiger partial charge on any atom is 0.330 e. The maximum atomic E-state index is 10.7. The van der Waals surface area contributed by atoms with Gasteiger partial charge >= 0.3 is 5.97 Å². The molecule has 0 unspecified atom stereocenters. The highest BCUT2D eigenvalue weighted by molar-refractivity contribution is 5.81. The molecule has 0 aliphatic carbocycles. The number of rotatable bonds is 22. The van der Waals surface area contributed by atoms with Crippen LogP contribution in [0.4, 0.5) is 0 Å². The van der Waals surface area contributed by atoms with Gasteiger partial charge in [-0.25, -0.2) is 4.79 Å². The van der Waals surface area contributed by atoms with Crippen LogP contribution in [0, 0.1) is 0 Å². The van der Waals surface area contributed by atoms with Crippen LogP contribution < -0.4 is 0 Å². The first-order chi connectivity index (χ1) is 14.7. The zero-order valence-corrected chi connectivity index (χ0v) is 20.6. The number of hydrogen-bond acceptors (Lipinski definition) is 3. The van der Waals surface area contributed by atoms with E-state index in [1.807, 2.05) is 0 Å². The molecular weight excluding hydrogens is 372 g/mol. The van der Waals surface area contributed by atoms with E-state index in [4.69, 9.17) is 9.84 Å². The second kappa shape index (κ2) is 30.4. The van der Waals surface area contributed by atoms with E-state index in [2.05, 4.69) is 20.4 Å². The predicted octanol–water partition coefficient (Wildman–Crippen LogP) is 8.54. The van der Waals surface area contributed by atoms with Crippen LogP contribution in [0.15, 0.2) is 12.7 Å². The zero-order valence-electron chi connectivity index (χ0n) is 20.6. The molecule has 0 aromatic heterocycles. The van der Waals surface area contributed by atoms with Crippen molar-refractivity contribution in [3.8, 4) is 0 Å². The van der Waals surface area contributed by atoms with Crippen molar-refractivity contribution in [3.05, 3.63) is 12.7 Å². The van der Waals surface area contributed by atoms with Gasteiger partial charge in [-0.1, -0.05) is 136 Å². The number of carbonyl (C=O) groups is 1. The number of aliphatic hydroxyl groups is 1. The Bertz CT molecular complexity index is 318. The van der Waals surface area contributed by atoms with E-state index in [0.29, 0.717) is 13.2 Å². The summed E-state index contributed by atoms with van der Waals surface area (Å²) in [5, 5.41) is 8.57. The lowest BCUT2D eigenvalue weighted by molar-refractivity contribution is -0.137. The molecule has 0 saturated carbocycles. The van der Waals surface area contributed by atoms with Crippen molar-refractivity contribution in [2.75, 3.05) is 13.2 Å². The van der Waals surface area contributed by atoms with Gasteiger partial charge in [0, 0.05) is 12.7 Å². The van der Waals surface area contributed by atoms with E-state index in [-0.39, 0.29) is 5.97 Å². The van der Waals surface area contributed by atoms with Crippen LogP contribution in [-0.2, 0) is 9.53 Å². The highest BCUT2D eigenvalue weighted by Gasteiger charge is 1.96. The van der Waals surface area contributed by atoms with Gasteiger partial charge in [0.05, 0.1) is 6.61 Å². The molecule has 0 aromatic carbocycles. The molecule has 3 nitrogen and oxygen atoms in total. The minimum absolute atomic E-state index is 0.305. The van der Waals surface area contributed by atoms with Gasteiger partial charge < -0.3 is 9.84 Å². The van der Waals surface area contributed by atoms with Crippen LogP contribution in [0.3, 0.4) is 0 Å². The van der Waals surface area contributed by atoms with Crippen LogP contribution >= 0.6 is 0 Å². The van der Waals surface area contributed by atoms with Gasteiger partial charge in [0.25, 0.3) is 0 Å². The molecule has 0 heterocycles. The van der Waals surface area contributed by atoms with Crippen molar-refractivity contribution in [2.24, 2.45) is 0 Å². The lowest BCUT2D eigenvalue weighted by Gasteiger charge is -2.03. The second-order valence-corrected chi connectivity index (χ2v) is 8.46. The normalized spacial score (nSPS) is 10.4. The first kappa shape index (κ1) is 31.4. The highest BCUT2D eigenvalue weighted by Crippen LogP contribution is 2.11. The molecule has 0 aromatic rings. The third-order valence-electron chi connectivity index (χ3n) is 5.42. The Kier molecular flexibility index (Phi) is 31.7. The second-order valence-electron chi connectivity index (χ2n) is 8.46. The van der Waals surface area contributed by atoms with Crippen LogP contribution in [0.25, 0.3) is 0 Å². The van der Waals surface area contributed by atoms with Crippen LogP contribution in [0.2, 0.25) is 0 Å². The van der Waals surface area contributed by atoms with Crippen molar-refractivity contribution < 1.29 is 14.6 Å². The molecule has 1 N–H and O–H groups in total. The molecule has 30 heavy (non-hydrogen) atoms. The quantitative estimate of drug-likeness (QED) is 0.107. The number of aliphatic hydroxyl groups excluding tert-OH is 1. The lowest BCUT2D eigenvalue weighted by atomic mass is 10.1. The van der Waals surface area contributed by atoms with Gasteiger partial charge in [0.2, 0.25) is 0 Å². The standard InChI is InChI=1S/C15H28O2.C12H26O/c1-3-5-6-7-8-9-10-11-12-13-14-17-15(16)4-2;1-2-3-4-5-6-7-8-9-10-11-12-13/h4H,2-3,5-14H2,1H3;13H,2-12H2,1H3. The zero-order chi connectivity index (χ0) is 22.5. The topological polar surface area (TPSA) is 46.5 Å². The van der Waals surface area contributed by atoms with E-state index >= 15 is 0 Å². The summed E-state index contributed by atoms with van der Waals surface area (Å²) in [6.45, 7) is 8.78. The summed E-state index contributed by atoms with van der Waals surface area (Å²) in [7, 11) is 0. The summed E-state index contributed by atoms with van der Waals surface area (Å²) in [6.07, 6.45) is 27.5. The number of esters is 1. The molecule has 0 fully saturated rings. The van der Waals surface area contributed by atoms with E-state index in [9.17, 15) is 4.79 Å². The number of hydrogen-bond donors (Lipinski definition) is 1. The molecule has 0 amide bonds. The molecule has 0 atom stereocenters. The Hall–Kier alpha value is -0.830. The van der Waals surface area contributed by atoms with Crippen molar-refractivity contribution in [2.45, 2.75) is 142 Å². The summed E-state index contributed by atoms with van der Waals surface area (Å²) >= 11 is 0. The SMILES string of the molecule is C=CC(=O)OCCCCCCCCCCCC.CCCCCCCCCCCCO. The fourth-order valence-electron chi connectivity index (χ4n) is 3.42. The lowest BCUT2D eigenvalue weighted by Crippen LogP contribution is -2.01. The molecule has 0 saturated heterocycles. The van der Waals surface area contributed by atoms with E-state index in [0.717, 1.165) is 12.8 Å². The van der Waals surface area contributed by atoms with Crippen LogP contribution in [-0.4, -0.2) is 24.3 Å². The van der Waals surface area contributed by atoms with Gasteiger partial charge in [-0.3, -0.25) is 0 Å². The molecule has 0 bridgehead atoms. The van der Waals surface area contributed by atoms with E-state index in [1.54, 1.807) is 0 Å². The van der Waals surface area contributed by atoms with Crippen molar-refractivity contribution in [1.82, 2.24) is 0 Å². The molecule has 0 spiro atoms. The average molecular weight is 427 g/mol. The first-order valence-corrected chi connectivity index (χ1v) is 13.1. The third-order valence-corrected chi connectivity index (χ3v) is 5.42. The Labute approximate surface area is 189 Å². The first-order valence-electron chi connectivity index (χ1n) is 13.1. The predicted molar refractivity (Wildman–Crippen MR) is 132 cm³/mol. The highest BCUT2D eigenvalue weighted by atomic mass is 16.5. The number of carbonyl (C=O) groups excluding carboxylic acids is 1. The summed E-state index contributed by atoms with van der Waals surface area (Å²) in [5.41, 5.74) is 0. The molecule has 180 valence electrons. The summed E-state index contributed by atoms with van der Waals surface area (Å²) in [6, 6.07) is 0. The van der Waals surface area contributed by atoms with Crippen molar-refractivity contribution in [3.63, 3.8) is 0 Å². The smallest absolute Gasteiger partial charge is 0.330 e. The fraction of sp³-hybridized carbons (Fsp3) is 0.889. The van der Waals surface area contributed by atoms with Gasteiger partial charge in [0.15, 0.2) is 0 Å². The summed E-state index contributed by atoms with van der Waals surface area (Å²) < 4.78 is 4.91. The van der Waals surface area contributed by atoms with Gasteiger partial charge in [-0.05, 0) is 12.8 Å². The molecule has 0 aliphatic rings. The summed E-state index contributed by atoms with van der Waals surface area (Å²) in [4.78, 5) is 10.7. The van der Waals surface area contributed by atoms with Crippen LogP contribution in [0.5, 0.6) is 0 Å². The average Bonchev–Trinajstić information content (AvgIpc) is 2.76. The Morgan fingerprint density at radius 1 is 0.633 bits per heavy atom. The van der Waals surface area contributed by atoms with Gasteiger partial charge in [0.1, 0.15) is 0 Å². The summed E-state index contributed by atoms with van der Waals surface area (Å²) in [5.74, 6) is -0.305. The third kappa shape index (κ3) is 31.9. The molecule has 3 heteroatoms. The minimum Gasteiger partial charge on any atom is -0.463 e. The van der Waals surface area contributed by atoms with Crippen molar-refractivity contribution in [1.29, 1.82) is 0 Å². The van der Waals surface area contributed by atoms with E-state index < -0.39 is 0 Å². The van der Waals surface area contributed by atoms with Crippen LogP contribution in [0.1, 0.15) is 142 Å². The fourth-order valence-corrected chi connectivity index (χ4v) is 3.42. The minimum atomic E-state index is -0.305. The number of unbranched alkanes of at least 4 members (excludes halogenated alkanes) is 18. The molecule has 0 radical (unpaired) electrons. The Balaban J connectivity index is 0. The maximum absolute atomic E-state index is 10.7. The van der Waals surface area contributed by atoms with Gasteiger partial charge in [-0.15, -0.1) is 0 Å². The van der Waals surface area contributed by atoms with Gasteiger partial charge in [-0.2, -0.15) is 0 Å².